The van der Waals surface area contributed by atoms with Gasteiger partial charge in [-0.25, -0.2) is 0 Å². The zero-order valence-corrected chi connectivity index (χ0v) is 15.0. The average Bonchev–Trinajstić information content (AvgIpc) is 3.52. The van der Waals surface area contributed by atoms with Crippen LogP contribution in [-0.2, 0) is 14.4 Å². The Morgan fingerprint density at radius 2 is 1.77 bits per heavy atom. The van der Waals surface area contributed by atoms with Crippen LogP contribution in [0.2, 0.25) is 0 Å². The summed E-state index contributed by atoms with van der Waals surface area (Å²) in [4.78, 5) is 38.6. The smallest absolute Gasteiger partial charge is 0.238 e. The number of hydrogen-bond donors (Lipinski definition) is 2. The number of aryl methyl sites for hydroxylation is 1. The fraction of sp³-hybridized carbons (Fsp3) is 0.550. The molecule has 3 N–H and O–H groups in total. The van der Waals surface area contributed by atoms with Gasteiger partial charge in [0.25, 0.3) is 0 Å². The van der Waals surface area contributed by atoms with E-state index < -0.39 is 11.3 Å². The van der Waals surface area contributed by atoms with Crippen molar-refractivity contribution in [2.45, 2.75) is 44.6 Å². The fourth-order valence-corrected chi connectivity index (χ4v) is 3.91. The first-order chi connectivity index (χ1) is 12.4. The maximum absolute atomic E-state index is 12.9. The summed E-state index contributed by atoms with van der Waals surface area (Å²) in [6.45, 7) is 2.97. The van der Waals surface area contributed by atoms with Crippen molar-refractivity contribution in [3.63, 3.8) is 0 Å². The number of primary amides is 1. The maximum Gasteiger partial charge on any atom is 0.238 e. The first kappa shape index (κ1) is 17.1. The minimum atomic E-state index is -1.01. The van der Waals surface area contributed by atoms with Crippen LogP contribution in [-0.4, -0.2) is 41.8 Å². The number of amides is 3. The summed E-state index contributed by atoms with van der Waals surface area (Å²) >= 11 is 0. The van der Waals surface area contributed by atoms with Gasteiger partial charge in [0.05, 0.1) is 6.04 Å². The molecule has 3 fully saturated rings. The number of nitrogens with one attached hydrogen (secondary N) is 1. The Balaban J connectivity index is 1.55. The van der Waals surface area contributed by atoms with Crippen molar-refractivity contribution in [2.75, 3.05) is 13.1 Å². The topological polar surface area (TPSA) is 92.5 Å². The lowest BCUT2D eigenvalue weighted by molar-refractivity contribution is -0.142. The van der Waals surface area contributed by atoms with Gasteiger partial charge in [0, 0.05) is 24.9 Å². The molecule has 0 radical (unpaired) electrons. The Labute approximate surface area is 153 Å². The molecule has 1 saturated heterocycles. The summed E-state index contributed by atoms with van der Waals surface area (Å²) in [6, 6.07) is 8.09. The van der Waals surface area contributed by atoms with Crippen molar-refractivity contribution in [3.8, 4) is 0 Å². The molecule has 0 aromatic heterocycles. The van der Waals surface area contributed by atoms with Gasteiger partial charge in [-0.1, -0.05) is 29.8 Å². The largest absolute Gasteiger partial charge is 0.369 e. The number of rotatable bonds is 5. The van der Waals surface area contributed by atoms with Crippen molar-refractivity contribution in [1.82, 2.24) is 10.2 Å². The fourth-order valence-electron chi connectivity index (χ4n) is 3.91. The third-order valence-corrected chi connectivity index (χ3v) is 6.02. The lowest BCUT2D eigenvalue weighted by Crippen LogP contribution is -2.44. The minimum absolute atomic E-state index is 0.0333. The lowest BCUT2D eigenvalue weighted by Gasteiger charge is -2.21. The molecule has 2 aliphatic carbocycles. The van der Waals surface area contributed by atoms with Crippen LogP contribution in [0.1, 0.15) is 42.7 Å². The van der Waals surface area contributed by atoms with Crippen LogP contribution < -0.4 is 11.1 Å². The number of hydrogen-bond acceptors (Lipinski definition) is 3. The molecular formula is C20H25N3O3. The average molecular weight is 355 g/mol. The molecule has 4 rings (SSSR count). The van der Waals surface area contributed by atoms with Crippen molar-refractivity contribution in [2.24, 2.45) is 17.1 Å². The van der Waals surface area contributed by atoms with Crippen LogP contribution in [0.15, 0.2) is 24.3 Å². The quantitative estimate of drug-likeness (QED) is 0.774. The van der Waals surface area contributed by atoms with E-state index in [1.807, 2.05) is 19.1 Å². The Hall–Kier alpha value is -2.37. The first-order valence-electron chi connectivity index (χ1n) is 9.37. The van der Waals surface area contributed by atoms with E-state index in [2.05, 4.69) is 17.4 Å². The molecule has 2 saturated carbocycles. The Bertz CT molecular complexity index is 750. The molecule has 6 heteroatoms. The van der Waals surface area contributed by atoms with E-state index >= 15 is 0 Å². The van der Waals surface area contributed by atoms with E-state index in [9.17, 15) is 14.4 Å². The number of benzene rings is 1. The van der Waals surface area contributed by atoms with E-state index in [0.29, 0.717) is 25.9 Å². The Morgan fingerprint density at radius 1 is 1.12 bits per heavy atom. The third kappa shape index (κ3) is 2.97. The standard InChI is InChI=1S/C20H25N3O3/c1-12-2-4-13(5-3-12)15-10-23(19(26)20(8-9-20)18(21)25)11-16(15)22-17(24)14-6-7-14/h2-5,14-16H,6-11H2,1H3,(H2,21,25)(H,22,24)/t15-,16+/m0/s1. The summed E-state index contributed by atoms with van der Waals surface area (Å²) in [5, 5.41) is 3.14. The van der Waals surface area contributed by atoms with Gasteiger partial charge in [-0.05, 0) is 38.2 Å². The monoisotopic (exact) mass is 355 g/mol. The summed E-state index contributed by atoms with van der Waals surface area (Å²) < 4.78 is 0. The van der Waals surface area contributed by atoms with Crippen molar-refractivity contribution < 1.29 is 14.4 Å². The molecule has 138 valence electrons. The predicted octanol–water partition coefficient (Wildman–Crippen LogP) is 1.08. The summed E-state index contributed by atoms with van der Waals surface area (Å²) in [5.41, 5.74) is 6.74. The van der Waals surface area contributed by atoms with Gasteiger partial charge in [-0.15, -0.1) is 0 Å². The number of nitrogens with zero attached hydrogens (tertiary/aromatic N) is 1. The number of carbonyl (C=O) groups is 3. The second-order valence-corrected chi connectivity index (χ2v) is 8.06. The summed E-state index contributed by atoms with van der Waals surface area (Å²) in [6.07, 6.45) is 2.96. The van der Waals surface area contributed by atoms with Crippen LogP contribution in [0, 0.1) is 18.3 Å². The molecular weight excluding hydrogens is 330 g/mol. The molecule has 1 aromatic carbocycles. The normalized spacial score (nSPS) is 26.4. The van der Waals surface area contributed by atoms with Gasteiger partial charge in [-0.2, -0.15) is 0 Å². The number of likely N-dealkylation sites (tertiary alicyclic amines) is 1. The molecule has 3 amide bonds. The molecule has 0 spiro atoms. The SMILES string of the molecule is Cc1ccc([C@@H]2CN(C(=O)C3(C(N)=O)CC3)C[C@H]2NC(=O)C2CC2)cc1. The van der Waals surface area contributed by atoms with E-state index in [0.717, 1.165) is 18.4 Å². The molecule has 1 aromatic rings. The molecule has 1 heterocycles. The van der Waals surface area contributed by atoms with Gasteiger partial charge in [0.1, 0.15) is 5.41 Å². The molecule has 6 nitrogen and oxygen atoms in total. The summed E-state index contributed by atoms with van der Waals surface area (Å²) in [7, 11) is 0. The zero-order chi connectivity index (χ0) is 18.5. The van der Waals surface area contributed by atoms with Gasteiger partial charge in [0.2, 0.25) is 17.7 Å². The van der Waals surface area contributed by atoms with Gasteiger partial charge < -0.3 is 16.0 Å². The maximum atomic E-state index is 12.9. The van der Waals surface area contributed by atoms with E-state index in [1.165, 1.54) is 5.56 Å². The van der Waals surface area contributed by atoms with Crippen molar-refractivity contribution >= 4 is 17.7 Å². The van der Waals surface area contributed by atoms with Crippen LogP contribution >= 0.6 is 0 Å². The van der Waals surface area contributed by atoms with Gasteiger partial charge in [0.15, 0.2) is 0 Å². The molecule has 1 aliphatic heterocycles. The molecule has 0 bridgehead atoms. The molecule has 3 aliphatic rings. The highest BCUT2D eigenvalue weighted by Gasteiger charge is 2.58. The Kier molecular flexibility index (Phi) is 4.01. The summed E-state index contributed by atoms with van der Waals surface area (Å²) in [5.74, 6) is -0.465. The highest BCUT2D eigenvalue weighted by Crippen LogP contribution is 2.48. The van der Waals surface area contributed by atoms with Gasteiger partial charge >= 0.3 is 0 Å². The minimum Gasteiger partial charge on any atom is -0.369 e. The Morgan fingerprint density at radius 3 is 2.31 bits per heavy atom. The van der Waals surface area contributed by atoms with Crippen LogP contribution in [0.5, 0.6) is 0 Å². The second-order valence-electron chi connectivity index (χ2n) is 8.06. The van der Waals surface area contributed by atoms with E-state index in [-0.39, 0.29) is 29.7 Å². The number of nitrogens with two attached hydrogens (primary N) is 1. The highest BCUT2D eigenvalue weighted by atomic mass is 16.2. The van der Waals surface area contributed by atoms with E-state index in [1.54, 1.807) is 4.90 Å². The van der Waals surface area contributed by atoms with Gasteiger partial charge in [-0.3, -0.25) is 14.4 Å². The zero-order valence-electron chi connectivity index (χ0n) is 15.0. The third-order valence-electron chi connectivity index (χ3n) is 6.02. The highest BCUT2D eigenvalue weighted by molar-refractivity contribution is 6.07. The first-order valence-corrected chi connectivity index (χ1v) is 9.37. The predicted molar refractivity (Wildman–Crippen MR) is 96.0 cm³/mol. The van der Waals surface area contributed by atoms with Crippen LogP contribution in [0.4, 0.5) is 0 Å². The van der Waals surface area contributed by atoms with Crippen LogP contribution in [0.3, 0.4) is 0 Å². The lowest BCUT2D eigenvalue weighted by atomic mass is 9.93. The molecule has 26 heavy (non-hydrogen) atoms. The van der Waals surface area contributed by atoms with E-state index in [4.69, 9.17) is 5.73 Å². The van der Waals surface area contributed by atoms with Crippen molar-refractivity contribution in [1.29, 1.82) is 0 Å². The molecule has 2 atom stereocenters. The second kappa shape index (κ2) is 6.11. The van der Waals surface area contributed by atoms with Crippen molar-refractivity contribution in [3.05, 3.63) is 35.4 Å². The van der Waals surface area contributed by atoms with Crippen LogP contribution in [0.25, 0.3) is 0 Å². The number of carbonyl (C=O) groups excluding carboxylic acids is 3. The molecule has 0 unspecified atom stereocenters.